The van der Waals surface area contributed by atoms with Gasteiger partial charge in [0, 0.05) is 6.54 Å². The van der Waals surface area contributed by atoms with Crippen LogP contribution in [0.15, 0.2) is 0 Å². The van der Waals surface area contributed by atoms with E-state index in [2.05, 4.69) is 4.18 Å². The van der Waals surface area contributed by atoms with Gasteiger partial charge < -0.3 is 14.7 Å². The van der Waals surface area contributed by atoms with Crippen LogP contribution in [0.2, 0.25) is 0 Å². The topological polar surface area (TPSA) is 93.1 Å². The molecule has 0 aromatic rings. The Labute approximate surface area is 87.7 Å². The molecule has 1 atom stereocenters. The third-order valence-electron chi connectivity index (χ3n) is 1.88. The first-order chi connectivity index (χ1) is 6.88. The molecule has 1 aliphatic rings. The lowest BCUT2D eigenvalue weighted by Crippen LogP contribution is -2.46. The van der Waals surface area contributed by atoms with Crippen LogP contribution in [0.4, 0.5) is 4.79 Å². The zero-order chi connectivity index (χ0) is 11.5. The third-order valence-corrected chi connectivity index (χ3v) is 2.44. The zero-order valence-electron chi connectivity index (χ0n) is 8.25. The average Bonchev–Trinajstić information content (AvgIpc) is 2.14. The monoisotopic (exact) mass is 239 g/mol. The van der Waals surface area contributed by atoms with Crippen LogP contribution in [-0.2, 0) is 19.0 Å². The Morgan fingerprint density at radius 1 is 1.67 bits per heavy atom. The molecule has 15 heavy (non-hydrogen) atoms. The lowest BCUT2D eigenvalue weighted by Gasteiger charge is -2.30. The smallest absolute Gasteiger partial charge is 0.407 e. The number of morpholine rings is 1. The Morgan fingerprint density at radius 3 is 2.87 bits per heavy atom. The fraction of sp³-hybridized carbons (Fsp3) is 0.857. The van der Waals surface area contributed by atoms with E-state index in [0.717, 1.165) is 6.26 Å². The van der Waals surface area contributed by atoms with E-state index in [4.69, 9.17) is 9.84 Å². The van der Waals surface area contributed by atoms with Gasteiger partial charge in [-0.25, -0.2) is 4.79 Å². The van der Waals surface area contributed by atoms with Crippen LogP contribution >= 0.6 is 0 Å². The fourth-order valence-electron chi connectivity index (χ4n) is 1.19. The summed E-state index contributed by atoms with van der Waals surface area (Å²) in [7, 11) is -3.51. The zero-order valence-corrected chi connectivity index (χ0v) is 9.07. The number of hydrogen-bond acceptors (Lipinski definition) is 5. The summed E-state index contributed by atoms with van der Waals surface area (Å²) in [4.78, 5) is 11.8. The molecule has 1 saturated heterocycles. The van der Waals surface area contributed by atoms with Crippen molar-refractivity contribution in [3.8, 4) is 0 Å². The van der Waals surface area contributed by atoms with Crippen molar-refractivity contribution in [1.29, 1.82) is 0 Å². The molecule has 0 aromatic carbocycles. The van der Waals surface area contributed by atoms with Crippen molar-refractivity contribution in [2.75, 3.05) is 32.6 Å². The normalized spacial score (nSPS) is 22.7. The van der Waals surface area contributed by atoms with Gasteiger partial charge in [-0.15, -0.1) is 0 Å². The van der Waals surface area contributed by atoms with Crippen LogP contribution in [0.3, 0.4) is 0 Å². The van der Waals surface area contributed by atoms with E-state index in [1.165, 1.54) is 4.90 Å². The number of amides is 1. The number of rotatable bonds is 3. The van der Waals surface area contributed by atoms with Gasteiger partial charge in [0.15, 0.2) is 0 Å². The molecule has 1 unspecified atom stereocenters. The summed E-state index contributed by atoms with van der Waals surface area (Å²) in [5, 5.41) is 8.70. The van der Waals surface area contributed by atoms with Crippen LogP contribution in [0, 0.1) is 0 Å². The van der Waals surface area contributed by atoms with Crippen molar-refractivity contribution in [2.24, 2.45) is 0 Å². The van der Waals surface area contributed by atoms with E-state index >= 15 is 0 Å². The van der Waals surface area contributed by atoms with Gasteiger partial charge in [0.25, 0.3) is 10.1 Å². The predicted molar refractivity (Wildman–Crippen MR) is 50.1 cm³/mol. The lowest BCUT2D eigenvalue weighted by molar-refractivity contribution is -0.0400. The molecule has 0 aliphatic carbocycles. The third kappa shape index (κ3) is 4.45. The van der Waals surface area contributed by atoms with E-state index in [9.17, 15) is 13.2 Å². The summed E-state index contributed by atoms with van der Waals surface area (Å²) in [6.45, 7) is 0.530. The van der Waals surface area contributed by atoms with Crippen molar-refractivity contribution in [3.05, 3.63) is 0 Å². The Hall–Kier alpha value is -0.860. The second kappa shape index (κ2) is 4.77. The van der Waals surface area contributed by atoms with Crippen LogP contribution in [0.1, 0.15) is 0 Å². The van der Waals surface area contributed by atoms with Crippen molar-refractivity contribution >= 4 is 16.2 Å². The van der Waals surface area contributed by atoms with E-state index < -0.39 is 22.3 Å². The van der Waals surface area contributed by atoms with Gasteiger partial charge in [0.2, 0.25) is 0 Å². The lowest BCUT2D eigenvalue weighted by atomic mass is 10.3. The molecule has 1 fully saturated rings. The summed E-state index contributed by atoms with van der Waals surface area (Å²) in [6.07, 6.45) is -0.627. The van der Waals surface area contributed by atoms with Crippen LogP contribution in [0.25, 0.3) is 0 Å². The van der Waals surface area contributed by atoms with Gasteiger partial charge in [-0.3, -0.25) is 4.18 Å². The molecule has 1 N–H and O–H groups in total. The number of hydrogen-bond donors (Lipinski definition) is 1. The maximum atomic E-state index is 10.7. The minimum atomic E-state index is -3.51. The highest BCUT2D eigenvalue weighted by molar-refractivity contribution is 7.85. The Bertz CT molecular complexity index is 326. The highest BCUT2D eigenvalue weighted by atomic mass is 32.2. The first-order valence-corrected chi connectivity index (χ1v) is 6.14. The van der Waals surface area contributed by atoms with Gasteiger partial charge in [-0.05, 0) is 0 Å². The van der Waals surface area contributed by atoms with Gasteiger partial charge >= 0.3 is 6.09 Å². The van der Waals surface area contributed by atoms with E-state index in [0.29, 0.717) is 6.54 Å². The van der Waals surface area contributed by atoms with Gasteiger partial charge in [0.05, 0.1) is 26.0 Å². The van der Waals surface area contributed by atoms with Crippen molar-refractivity contribution in [2.45, 2.75) is 6.10 Å². The standard InChI is InChI=1S/C7H13NO6S/c1-15(11,12)14-5-6-4-8(7(9)10)2-3-13-6/h6H,2-5H2,1H3,(H,9,10). The first kappa shape index (κ1) is 12.2. The minimum absolute atomic E-state index is 0.130. The highest BCUT2D eigenvalue weighted by Gasteiger charge is 2.24. The maximum Gasteiger partial charge on any atom is 0.407 e. The Morgan fingerprint density at radius 2 is 2.33 bits per heavy atom. The number of carbonyl (C=O) groups is 1. The molecule has 7 nitrogen and oxygen atoms in total. The highest BCUT2D eigenvalue weighted by Crippen LogP contribution is 2.06. The maximum absolute atomic E-state index is 10.7. The van der Waals surface area contributed by atoms with E-state index in [1.807, 2.05) is 0 Å². The van der Waals surface area contributed by atoms with Crippen LogP contribution < -0.4 is 0 Å². The van der Waals surface area contributed by atoms with Crippen molar-refractivity contribution in [1.82, 2.24) is 4.90 Å². The quantitative estimate of drug-likeness (QED) is 0.657. The Balaban J connectivity index is 2.40. The van der Waals surface area contributed by atoms with Gasteiger partial charge in [-0.1, -0.05) is 0 Å². The molecule has 1 rings (SSSR count). The van der Waals surface area contributed by atoms with Crippen LogP contribution in [0.5, 0.6) is 0 Å². The molecule has 8 heteroatoms. The second-order valence-corrected chi connectivity index (χ2v) is 4.85. The van der Waals surface area contributed by atoms with Crippen LogP contribution in [-0.4, -0.2) is 63.2 Å². The van der Waals surface area contributed by atoms with Crippen molar-refractivity contribution < 1.29 is 27.2 Å². The summed E-state index contributed by atoms with van der Waals surface area (Å²) < 4.78 is 31.0. The first-order valence-electron chi connectivity index (χ1n) is 4.32. The van der Waals surface area contributed by atoms with E-state index in [1.54, 1.807) is 0 Å². The number of carboxylic acid groups (broad SMARTS) is 1. The largest absolute Gasteiger partial charge is 0.465 e. The summed E-state index contributed by atoms with van der Waals surface area (Å²) in [6, 6.07) is 0. The molecule has 0 spiro atoms. The molecule has 1 heterocycles. The van der Waals surface area contributed by atoms with Crippen molar-refractivity contribution in [3.63, 3.8) is 0 Å². The molecular formula is C7H13NO6S. The van der Waals surface area contributed by atoms with E-state index in [-0.39, 0.29) is 19.8 Å². The molecule has 1 aliphatic heterocycles. The number of nitrogens with zero attached hydrogens (tertiary/aromatic N) is 1. The van der Waals surface area contributed by atoms with Gasteiger partial charge in [-0.2, -0.15) is 8.42 Å². The molecule has 0 aromatic heterocycles. The van der Waals surface area contributed by atoms with Gasteiger partial charge in [0.1, 0.15) is 6.10 Å². The minimum Gasteiger partial charge on any atom is -0.465 e. The average molecular weight is 239 g/mol. The second-order valence-electron chi connectivity index (χ2n) is 3.21. The summed E-state index contributed by atoms with van der Waals surface area (Å²) in [5.41, 5.74) is 0. The summed E-state index contributed by atoms with van der Waals surface area (Å²) in [5.74, 6) is 0. The fourth-order valence-corrected chi connectivity index (χ4v) is 1.59. The number of ether oxygens (including phenoxy) is 1. The Kier molecular flexibility index (Phi) is 3.89. The predicted octanol–water partition coefficient (Wildman–Crippen LogP) is -0.659. The molecule has 0 radical (unpaired) electrons. The molecular weight excluding hydrogens is 226 g/mol. The molecule has 0 saturated carbocycles. The SMILES string of the molecule is CS(=O)(=O)OCC1CN(C(=O)O)CCO1. The molecule has 88 valence electrons. The molecule has 1 amide bonds. The molecule has 0 bridgehead atoms. The summed E-state index contributed by atoms with van der Waals surface area (Å²) >= 11 is 0.